The largest absolute Gasteiger partial charge is 0.478 e. The van der Waals surface area contributed by atoms with Gasteiger partial charge in [0.25, 0.3) is 0 Å². The van der Waals surface area contributed by atoms with Crippen molar-refractivity contribution in [2.24, 2.45) is 0 Å². The minimum absolute atomic E-state index is 0.0678. The Labute approximate surface area is 88.2 Å². The molecule has 0 atom stereocenters. The number of halogens is 1. The molecule has 0 unspecified atom stereocenters. The lowest BCUT2D eigenvalue weighted by Crippen LogP contribution is -2.07. The van der Waals surface area contributed by atoms with Crippen LogP contribution in [0.1, 0.15) is 31.1 Å². The maximum atomic E-state index is 11.2. The summed E-state index contributed by atoms with van der Waals surface area (Å²) in [5.41, 5.74) is -0.744. The average Bonchev–Trinajstić information content (AvgIpc) is 2.41. The molecular formula is C9H3ClO5. The molecule has 1 aliphatic rings. The van der Waals surface area contributed by atoms with Crippen molar-refractivity contribution >= 4 is 29.5 Å². The van der Waals surface area contributed by atoms with Crippen LogP contribution < -0.4 is 0 Å². The third-order valence-corrected chi connectivity index (χ3v) is 2.29. The van der Waals surface area contributed by atoms with Gasteiger partial charge >= 0.3 is 17.9 Å². The van der Waals surface area contributed by atoms with Crippen LogP contribution in [0, 0.1) is 0 Å². The Morgan fingerprint density at radius 1 is 1.27 bits per heavy atom. The second-order valence-electron chi connectivity index (χ2n) is 2.83. The quantitative estimate of drug-likeness (QED) is 0.577. The highest BCUT2D eigenvalue weighted by atomic mass is 35.5. The smallest absolute Gasteiger partial charge is 0.347 e. The number of ether oxygens (including phenoxy) is 1. The predicted octanol–water partition coefficient (Wildman–Crippen LogP) is 1.35. The van der Waals surface area contributed by atoms with Gasteiger partial charge in [0.2, 0.25) is 0 Å². The molecule has 1 heterocycles. The van der Waals surface area contributed by atoms with Gasteiger partial charge in [-0.2, -0.15) is 0 Å². The zero-order valence-electron chi connectivity index (χ0n) is 7.11. The lowest BCUT2D eigenvalue weighted by Gasteiger charge is -2.01. The Hall–Kier alpha value is -1.88. The van der Waals surface area contributed by atoms with Crippen molar-refractivity contribution in [2.45, 2.75) is 0 Å². The second kappa shape index (κ2) is 3.06. The Morgan fingerprint density at radius 2 is 1.93 bits per heavy atom. The molecule has 5 nitrogen and oxygen atoms in total. The Balaban J connectivity index is 2.81. The monoisotopic (exact) mass is 226 g/mol. The summed E-state index contributed by atoms with van der Waals surface area (Å²) in [6.07, 6.45) is 0. The van der Waals surface area contributed by atoms with E-state index in [1.807, 2.05) is 0 Å². The molecule has 1 N–H and O–H groups in total. The molecule has 0 fully saturated rings. The number of hydrogen-bond donors (Lipinski definition) is 1. The van der Waals surface area contributed by atoms with E-state index in [4.69, 9.17) is 16.7 Å². The van der Waals surface area contributed by atoms with Gasteiger partial charge in [-0.1, -0.05) is 11.6 Å². The van der Waals surface area contributed by atoms with E-state index in [0.717, 1.165) is 0 Å². The number of fused-ring (bicyclic) bond motifs is 1. The molecule has 1 aromatic rings. The maximum absolute atomic E-state index is 11.2. The van der Waals surface area contributed by atoms with E-state index < -0.39 is 23.5 Å². The van der Waals surface area contributed by atoms with Crippen LogP contribution in [-0.4, -0.2) is 23.0 Å². The number of carboxylic acid groups (broad SMARTS) is 1. The molecule has 0 spiro atoms. The highest BCUT2D eigenvalue weighted by Crippen LogP contribution is 2.29. The van der Waals surface area contributed by atoms with E-state index in [0.29, 0.717) is 0 Å². The Bertz CT molecular complexity index is 505. The fourth-order valence-corrected chi connectivity index (χ4v) is 1.60. The highest BCUT2D eigenvalue weighted by molar-refractivity contribution is 6.35. The molecule has 0 saturated carbocycles. The molecule has 6 heteroatoms. The molecule has 0 amide bonds. The molecular weight excluding hydrogens is 224 g/mol. The molecule has 15 heavy (non-hydrogen) atoms. The van der Waals surface area contributed by atoms with Crippen molar-refractivity contribution in [1.82, 2.24) is 0 Å². The van der Waals surface area contributed by atoms with Crippen molar-refractivity contribution in [2.75, 3.05) is 0 Å². The fourth-order valence-electron chi connectivity index (χ4n) is 1.36. The SMILES string of the molecule is O=C1OC(=O)c2c1ccc(Cl)c2C(=O)O. The van der Waals surface area contributed by atoms with Gasteiger partial charge in [-0.3, -0.25) is 0 Å². The van der Waals surface area contributed by atoms with Crippen LogP contribution >= 0.6 is 11.6 Å². The van der Waals surface area contributed by atoms with Gasteiger partial charge in [0.1, 0.15) is 0 Å². The van der Waals surface area contributed by atoms with Crippen LogP contribution in [-0.2, 0) is 4.74 Å². The number of carboxylic acids is 1. The van der Waals surface area contributed by atoms with Crippen LogP contribution in [0.5, 0.6) is 0 Å². The molecule has 2 rings (SSSR count). The zero-order chi connectivity index (χ0) is 11.2. The van der Waals surface area contributed by atoms with E-state index in [-0.39, 0.29) is 16.1 Å². The van der Waals surface area contributed by atoms with Crippen LogP contribution in [0.15, 0.2) is 12.1 Å². The van der Waals surface area contributed by atoms with Gasteiger partial charge in [0, 0.05) is 0 Å². The summed E-state index contributed by atoms with van der Waals surface area (Å²) in [6, 6.07) is 2.50. The van der Waals surface area contributed by atoms with Crippen molar-refractivity contribution in [3.8, 4) is 0 Å². The minimum atomic E-state index is -1.37. The van der Waals surface area contributed by atoms with Gasteiger partial charge in [0.15, 0.2) is 0 Å². The van der Waals surface area contributed by atoms with E-state index >= 15 is 0 Å². The standard InChI is InChI=1S/C9H3ClO5/c10-4-2-1-3-5(6(4)7(11)12)9(14)15-8(3)13/h1-2H,(H,11,12). The number of aromatic carboxylic acids is 1. The summed E-state index contributed by atoms with van der Waals surface area (Å²) in [4.78, 5) is 33.1. The van der Waals surface area contributed by atoms with Crippen molar-refractivity contribution in [1.29, 1.82) is 0 Å². The van der Waals surface area contributed by atoms with Crippen molar-refractivity contribution in [3.63, 3.8) is 0 Å². The van der Waals surface area contributed by atoms with Crippen molar-refractivity contribution in [3.05, 3.63) is 33.8 Å². The number of rotatable bonds is 1. The van der Waals surface area contributed by atoms with Crippen LogP contribution in [0.25, 0.3) is 0 Å². The second-order valence-corrected chi connectivity index (χ2v) is 3.23. The highest BCUT2D eigenvalue weighted by Gasteiger charge is 2.35. The van der Waals surface area contributed by atoms with E-state index in [1.165, 1.54) is 12.1 Å². The van der Waals surface area contributed by atoms with E-state index in [1.54, 1.807) is 0 Å². The molecule has 0 bridgehead atoms. The third kappa shape index (κ3) is 1.28. The van der Waals surface area contributed by atoms with E-state index in [2.05, 4.69) is 4.74 Å². The summed E-state index contributed by atoms with van der Waals surface area (Å²) < 4.78 is 4.28. The number of benzene rings is 1. The summed E-state index contributed by atoms with van der Waals surface area (Å²) in [7, 11) is 0. The van der Waals surface area contributed by atoms with Crippen LogP contribution in [0.3, 0.4) is 0 Å². The fraction of sp³-hybridized carbons (Fsp3) is 0. The van der Waals surface area contributed by atoms with Gasteiger partial charge in [-0.05, 0) is 12.1 Å². The third-order valence-electron chi connectivity index (χ3n) is 1.98. The number of esters is 2. The topological polar surface area (TPSA) is 80.7 Å². The minimum Gasteiger partial charge on any atom is -0.478 e. The number of hydrogen-bond acceptors (Lipinski definition) is 4. The van der Waals surface area contributed by atoms with E-state index in [9.17, 15) is 14.4 Å². The summed E-state index contributed by atoms with van der Waals surface area (Å²) in [5.74, 6) is -3.20. The van der Waals surface area contributed by atoms with Gasteiger partial charge < -0.3 is 9.84 Å². The predicted molar refractivity (Wildman–Crippen MR) is 48.2 cm³/mol. The first-order valence-corrected chi connectivity index (χ1v) is 4.22. The first-order chi connectivity index (χ1) is 7.02. The number of carbonyl (C=O) groups excluding carboxylic acids is 2. The normalized spacial score (nSPS) is 13.7. The summed E-state index contributed by atoms with van der Waals surface area (Å²) >= 11 is 5.62. The Kier molecular flexibility index (Phi) is 1.97. The Morgan fingerprint density at radius 3 is 2.53 bits per heavy atom. The first-order valence-electron chi connectivity index (χ1n) is 3.84. The lowest BCUT2D eigenvalue weighted by atomic mass is 10.0. The number of cyclic esters (lactones) is 2. The maximum Gasteiger partial charge on any atom is 0.347 e. The van der Waals surface area contributed by atoms with Crippen molar-refractivity contribution < 1.29 is 24.2 Å². The number of carbonyl (C=O) groups is 3. The zero-order valence-corrected chi connectivity index (χ0v) is 7.87. The molecule has 0 aliphatic carbocycles. The molecule has 0 aromatic heterocycles. The van der Waals surface area contributed by atoms with Crippen LogP contribution in [0.2, 0.25) is 5.02 Å². The molecule has 1 aromatic carbocycles. The molecule has 76 valence electrons. The summed E-state index contributed by atoms with van der Waals surface area (Å²) in [5, 5.41) is 8.73. The lowest BCUT2D eigenvalue weighted by molar-refractivity contribution is 0.0439. The van der Waals surface area contributed by atoms with Gasteiger partial charge in [-0.15, -0.1) is 0 Å². The summed E-state index contributed by atoms with van der Waals surface area (Å²) in [6.45, 7) is 0. The first kappa shape index (κ1) is 9.67. The van der Waals surface area contributed by atoms with Crippen LogP contribution in [0.4, 0.5) is 0 Å². The van der Waals surface area contributed by atoms with Gasteiger partial charge in [-0.25, -0.2) is 14.4 Å². The molecule has 0 saturated heterocycles. The molecule has 0 radical (unpaired) electrons. The van der Waals surface area contributed by atoms with Gasteiger partial charge in [0.05, 0.1) is 21.7 Å². The molecule has 1 aliphatic heterocycles. The average molecular weight is 227 g/mol.